The Balaban J connectivity index is 1.33. The first-order valence-electron chi connectivity index (χ1n) is 8.98. The fraction of sp³-hybridized carbons (Fsp3) is 0.300. The number of hydrogen-bond acceptors (Lipinski definition) is 5. The summed E-state index contributed by atoms with van der Waals surface area (Å²) in [4.78, 5) is 22.3. The van der Waals surface area contributed by atoms with E-state index in [2.05, 4.69) is 16.0 Å². The van der Waals surface area contributed by atoms with E-state index in [-0.39, 0.29) is 5.91 Å². The fourth-order valence-corrected chi connectivity index (χ4v) is 4.11. The van der Waals surface area contributed by atoms with Gasteiger partial charge in [0.05, 0.1) is 13.5 Å². The number of hydrogen-bond donors (Lipinski definition) is 0. The molecule has 0 atom stereocenters. The van der Waals surface area contributed by atoms with Crippen molar-refractivity contribution in [2.75, 3.05) is 38.2 Å². The topological polar surface area (TPSA) is 50.6 Å². The molecule has 1 aliphatic heterocycles. The lowest BCUT2D eigenvalue weighted by atomic mass is 10.2. The minimum atomic E-state index is 0.169. The lowest BCUT2D eigenvalue weighted by molar-refractivity contribution is -0.130. The van der Waals surface area contributed by atoms with Crippen molar-refractivity contribution in [2.24, 2.45) is 0 Å². The van der Waals surface area contributed by atoms with E-state index in [1.807, 2.05) is 58.4 Å². The second-order valence-electron chi connectivity index (χ2n) is 6.45. The van der Waals surface area contributed by atoms with Crippen LogP contribution in [0.2, 0.25) is 0 Å². The number of nitrogens with zero attached hydrogens (tertiary/aromatic N) is 4. The minimum absolute atomic E-state index is 0.169. The van der Waals surface area contributed by atoms with E-state index in [0.29, 0.717) is 6.42 Å². The molecule has 1 fully saturated rings. The summed E-state index contributed by atoms with van der Waals surface area (Å²) in [5.74, 6) is 1.03. The number of benzene rings is 1. The number of rotatable bonds is 5. The van der Waals surface area contributed by atoms with Gasteiger partial charge in [-0.25, -0.2) is 4.98 Å². The van der Waals surface area contributed by atoms with Crippen molar-refractivity contribution in [1.82, 2.24) is 14.5 Å². The van der Waals surface area contributed by atoms with Gasteiger partial charge in [-0.3, -0.25) is 4.79 Å². The molecule has 0 N–H and O–H groups in total. The van der Waals surface area contributed by atoms with E-state index in [0.717, 1.165) is 47.6 Å². The monoisotopic (exact) mass is 382 g/mol. The van der Waals surface area contributed by atoms with Gasteiger partial charge in [0, 0.05) is 61.4 Å². The van der Waals surface area contributed by atoms with Crippen LogP contribution in [-0.4, -0.2) is 53.6 Å². The summed E-state index contributed by atoms with van der Waals surface area (Å²) in [5.41, 5.74) is 1.14. The molecule has 7 heteroatoms. The highest BCUT2D eigenvalue weighted by Crippen LogP contribution is 2.23. The molecule has 1 aliphatic rings. The van der Waals surface area contributed by atoms with E-state index in [1.54, 1.807) is 18.4 Å². The first-order valence-corrected chi connectivity index (χ1v) is 9.79. The average Bonchev–Trinajstić information content (AvgIpc) is 3.40. The Hall–Kier alpha value is -2.80. The molecule has 0 unspecified atom stereocenters. The third kappa shape index (κ3) is 3.98. The maximum Gasteiger partial charge on any atom is 0.228 e. The SMILES string of the molecule is COc1cccc(N2CCN(C(=O)Cc3cnc(-n4cccc4)s3)CC2)c1. The Labute approximate surface area is 162 Å². The standard InChI is InChI=1S/C20H22N4O2S/c1-26-17-6-4-5-16(13-17)22-9-11-23(12-10-22)19(25)14-18-15-21-20(27-18)24-7-2-3-8-24/h2-8,13,15H,9-12,14H2,1H3. The number of amides is 1. The number of thiazole rings is 1. The van der Waals surface area contributed by atoms with Gasteiger partial charge in [0.25, 0.3) is 0 Å². The Morgan fingerprint density at radius 1 is 1.15 bits per heavy atom. The summed E-state index contributed by atoms with van der Waals surface area (Å²) >= 11 is 1.56. The first-order chi connectivity index (χ1) is 13.2. The summed E-state index contributed by atoms with van der Waals surface area (Å²) in [7, 11) is 1.68. The van der Waals surface area contributed by atoms with Gasteiger partial charge in [-0.2, -0.15) is 0 Å². The van der Waals surface area contributed by atoms with Crippen LogP contribution in [0.5, 0.6) is 5.75 Å². The summed E-state index contributed by atoms with van der Waals surface area (Å²) in [6.07, 6.45) is 6.15. The van der Waals surface area contributed by atoms with Crippen LogP contribution in [-0.2, 0) is 11.2 Å². The van der Waals surface area contributed by atoms with Crippen LogP contribution >= 0.6 is 11.3 Å². The van der Waals surface area contributed by atoms with Crippen molar-refractivity contribution in [1.29, 1.82) is 0 Å². The number of aromatic nitrogens is 2. The van der Waals surface area contributed by atoms with Gasteiger partial charge in [-0.15, -0.1) is 11.3 Å². The van der Waals surface area contributed by atoms with Gasteiger partial charge in [0.1, 0.15) is 5.75 Å². The third-order valence-electron chi connectivity index (χ3n) is 4.74. The molecule has 0 radical (unpaired) electrons. The highest BCUT2D eigenvalue weighted by Gasteiger charge is 2.22. The van der Waals surface area contributed by atoms with Crippen LogP contribution in [0.3, 0.4) is 0 Å². The molecule has 3 heterocycles. The molecule has 140 valence electrons. The zero-order chi connectivity index (χ0) is 18.6. The molecule has 0 bridgehead atoms. The van der Waals surface area contributed by atoms with Crippen LogP contribution in [0.25, 0.3) is 5.13 Å². The Kier molecular flexibility index (Phi) is 5.11. The van der Waals surface area contributed by atoms with Crippen molar-refractivity contribution in [3.8, 4) is 10.9 Å². The normalized spacial score (nSPS) is 14.4. The van der Waals surface area contributed by atoms with Crippen LogP contribution in [0, 0.1) is 0 Å². The number of anilines is 1. The Bertz CT molecular complexity index is 898. The number of ether oxygens (including phenoxy) is 1. The van der Waals surface area contributed by atoms with Crippen LogP contribution < -0.4 is 9.64 Å². The second kappa shape index (κ2) is 7.84. The van der Waals surface area contributed by atoms with Gasteiger partial charge in [0.15, 0.2) is 5.13 Å². The van der Waals surface area contributed by atoms with E-state index in [1.165, 1.54) is 0 Å². The Morgan fingerprint density at radius 3 is 2.67 bits per heavy atom. The predicted octanol–water partition coefficient (Wildman–Crippen LogP) is 2.83. The predicted molar refractivity (Wildman–Crippen MR) is 107 cm³/mol. The lowest BCUT2D eigenvalue weighted by Gasteiger charge is -2.36. The van der Waals surface area contributed by atoms with Crippen molar-refractivity contribution in [2.45, 2.75) is 6.42 Å². The average molecular weight is 382 g/mol. The molecule has 4 rings (SSSR count). The zero-order valence-electron chi connectivity index (χ0n) is 15.2. The van der Waals surface area contributed by atoms with Crippen molar-refractivity contribution in [3.63, 3.8) is 0 Å². The summed E-state index contributed by atoms with van der Waals surface area (Å²) < 4.78 is 7.27. The van der Waals surface area contributed by atoms with Gasteiger partial charge in [0.2, 0.25) is 5.91 Å². The van der Waals surface area contributed by atoms with Gasteiger partial charge in [-0.05, 0) is 24.3 Å². The molecule has 0 spiro atoms. The molecule has 1 aromatic carbocycles. The third-order valence-corrected chi connectivity index (χ3v) is 5.75. The zero-order valence-corrected chi connectivity index (χ0v) is 16.1. The number of carbonyl (C=O) groups excluding carboxylic acids is 1. The molecule has 27 heavy (non-hydrogen) atoms. The van der Waals surface area contributed by atoms with E-state index in [4.69, 9.17) is 4.74 Å². The maximum absolute atomic E-state index is 12.7. The highest BCUT2D eigenvalue weighted by molar-refractivity contribution is 7.14. The van der Waals surface area contributed by atoms with Crippen molar-refractivity contribution in [3.05, 3.63) is 59.9 Å². The summed E-state index contributed by atoms with van der Waals surface area (Å²) in [6, 6.07) is 12.0. The Morgan fingerprint density at radius 2 is 1.93 bits per heavy atom. The molecule has 2 aromatic heterocycles. The number of methoxy groups -OCH3 is 1. The maximum atomic E-state index is 12.7. The molecule has 6 nitrogen and oxygen atoms in total. The minimum Gasteiger partial charge on any atom is -0.497 e. The molecule has 1 amide bonds. The van der Waals surface area contributed by atoms with E-state index >= 15 is 0 Å². The van der Waals surface area contributed by atoms with Crippen LogP contribution in [0.1, 0.15) is 4.88 Å². The van der Waals surface area contributed by atoms with Crippen LogP contribution in [0.4, 0.5) is 5.69 Å². The summed E-state index contributed by atoms with van der Waals surface area (Å²) in [6.45, 7) is 3.13. The summed E-state index contributed by atoms with van der Waals surface area (Å²) in [5, 5.41) is 0.894. The van der Waals surface area contributed by atoms with E-state index < -0.39 is 0 Å². The largest absolute Gasteiger partial charge is 0.497 e. The van der Waals surface area contributed by atoms with E-state index in [9.17, 15) is 4.79 Å². The molecule has 0 saturated carbocycles. The number of piperazine rings is 1. The molecular formula is C20H22N4O2S. The smallest absolute Gasteiger partial charge is 0.228 e. The quantitative estimate of drug-likeness (QED) is 0.681. The van der Waals surface area contributed by atoms with Crippen molar-refractivity contribution >= 4 is 22.9 Å². The molecule has 1 saturated heterocycles. The molecular weight excluding hydrogens is 360 g/mol. The lowest BCUT2D eigenvalue weighted by Crippen LogP contribution is -2.49. The van der Waals surface area contributed by atoms with Gasteiger partial charge in [-0.1, -0.05) is 6.07 Å². The molecule has 0 aliphatic carbocycles. The van der Waals surface area contributed by atoms with Gasteiger partial charge < -0.3 is 19.1 Å². The second-order valence-corrected chi connectivity index (χ2v) is 7.54. The van der Waals surface area contributed by atoms with Crippen molar-refractivity contribution < 1.29 is 9.53 Å². The van der Waals surface area contributed by atoms with Crippen LogP contribution in [0.15, 0.2) is 55.0 Å². The fourth-order valence-electron chi connectivity index (χ4n) is 3.24. The highest BCUT2D eigenvalue weighted by atomic mass is 32.1. The molecule has 3 aromatic rings. The number of carbonyl (C=O) groups is 1. The van der Waals surface area contributed by atoms with Gasteiger partial charge >= 0.3 is 0 Å². The first kappa shape index (κ1) is 17.6.